The number of benzene rings is 1. The summed E-state index contributed by atoms with van der Waals surface area (Å²) in [4.78, 5) is 17.3. The average molecular weight is 321 g/mol. The molecule has 122 valence electrons. The van der Waals surface area contributed by atoms with Crippen molar-refractivity contribution in [3.8, 4) is 0 Å². The van der Waals surface area contributed by atoms with Crippen molar-refractivity contribution in [2.24, 2.45) is 0 Å². The highest BCUT2D eigenvalue weighted by Gasteiger charge is 2.43. The van der Waals surface area contributed by atoms with Crippen molar-refractivity contribution in [3.05, 3.63) is 57.8 Å². The van der Waals surface area contributed by atoms with Crippen molar-refractivity contribution in [1.82, 2.24) is 19.2 Å². The van der Waals surface area contributed by atoms with Gasteiger partial charge in [0.15, 0.2) is 5.52 Å². The van der Waals surface area contributed by atoms with Crippen LogP contribution in [-0.2, 0) is 12.0 Å². The predicted molar refractivity (Wildman–Crippen MR) is 91.4 cm³/mol. The fourth-order valence-corrected chi connectivity index (χ4v) is 3.45. The Bertz CT molecular complexity index is 1010. The number of nitrogens with zero attached hydrogens (tertiary/aromatic N) is 4. The van der Waals surface area contributed by atoms with Crippen LogP contribution >= 0.6 is 0 Å². The minimum absolute atomic E-state index is 0.0230. The van der Waals surface area contributed by atoms with Gasteiger partial charge >= 0.3 is 0 Å². The maximum absolute atomic E-state index is 12.8. The Balaban J connectivity index is 1.60. The molecule has 2 aromatic heterocycles. The fourth-order valence-electron chi connectivity index (χ4n) is 3.45. The number of aryl methyl sites for hydroxylation is 1. The molecule has 1 atom stereocenters. The Kier molecular flexibility index (Phi) is 2.56. The Morgan fingerprint density at radius 1 is 1.25 bits per heavy atom. The number of aromatic nitrogens is 4. The lowest BCUT2D eigenvalue weighted by atomic mass is 10.1. The van der Waals surface area contributed by atoms with E-state index in [0.717, 1.165) is 18.7 Å². The van der Waals surface area contributed by atoms with Crippen LogP contribution in [0.4, 0.5) is 5.95 Å². The second-order valence-electron chi connectivity index (χ2n) is 7.29. The molecule has 0 bridgehead atoms. The summed E-state index contributed by atoms with van der Waals surface area (Å²) in [5.41, 5.74) is 3.01. The van der Waals surface area contributed by atoms with Crippen LogP contribution in [-0.4, -0.2) is 19.2 Å². The van der Waals surface area contributed by atoms with E-state index < -0.39 is 0 Å². The highest BCUT2D eigenvalue weighted by molar-refractivity contribution is 5.49. The van der Waals surface area contributed by atoms with Crippen LogP contribution in [0, 0.1) is 6.92 Å². The van der Waals surface area contributed by atoms with E-state index in [1.54, 1.807) is 15.3 Å². The summed E-state index contributed by atoms with van der Waals surface area (Å²) in [5.74, 6) is 1.53. The summed E-state index contributed by atoms with van der Waals surface area (Å²) >= 11 is 0. The van der Waals surface area contributed by atoms with Gasteiger partial charge < -0.3 is 5.32 Å². The van der Waals surface area contributed by atoms with Crippen molar-refractivity contribution in [2.45, 2.75) is 44.7 Å². The van der Waals surface area contributed by atoms with E-state index in [-0.39, 0.29) is 17.0 Å². The number of hydrogen-bond donors (Lipinski definition) is 1. The first-order valence-electron chi connectivity index (χ1n) is 8.37. The van der Waals surface area contributed by atoms with E-state index >= 15 is 0 Å². The monoisotopic (exact) mass is 321 g/mol. The number of fused-ring (bicyclic) bond motifs is 2. The molecular weight excluding hydrogens is 302 g/mol. The molecule has 1 unspecified atom stereocenters. The SMILES string of the molecule is Cc1ccc(C2Cn3c(nn4c(C5(C)CC5)ncc4c3=O)N2)cc1. The Morgan fingerprint density at radius 2 is 2.00 bits per heavy atom. The molecule has 1 aliphatic heterocycles. The molecule has 6 heteroatoms. The molecule has 1 fully saturated rings. The van der Waals surface area contributed by atoms with Gasteiger partial charge in [-0.25, -0.2) is 9.50 Å². The van der Waals surface area contributed by atoms with Crippen LogP contribution in [0.15, 0.2) is 35.3 Å². The fraction of sp³-hybridized carbons (Fsp3) is 0.389. The molecule has 6 nitrogen and oxygen atoms in total. The zero-order chi connectivity index (χ0) is 16.5. The molecule has 5 rings (SSSR count). The quantitative estimate of drug-likeness (QED) is 0.787. The highest BCUT2D eigenvalue weighted by atomic mass is 16.1. The lowest BCUT2D eigenvalue weighted by molar-refractivity contribution is 0.640. The highest BCUT2D eigenvalue weighted by Crippen LogP contribution is 2.46. The van der Waals surface area contributed by atoms with E-state index in [2.05, 4.69) is 53.5 Å². The van der Waals surface area contributed by atoms with Crippen LogP contribution in [0.3, 0.4) is 0 Å². The van der Waals surface area contributed by atoms with Crippen LogP contribution in [0.1, 0.15) is 42.8 Å². The largest absolute Gasteiger partial charge is 0.346 e. The van der Waals surface area contributed by atoms with Gasteiger partial charge in [0.05, 0.1) is 18.8 Å². The Morgan fingerprint density at radius 3 is 2.71 bits per heavy atom. The molecule has 0 amide bonds. The molecule has 1 aliphatic carbocycles. The van der Waals surface area contributed by atoms with Crippen molar-refractivity contribution in [3.63, 3.8) is 0 Å². The molecule has 3 heterocycles. The second-order valence-corrected chi connectivity index (χ2v) is 7.29. The maximum Gasteiger partial charge on any atom is 0.281 e. The Labute approximate surface area is 139 Å². The third kappa shape index (κ3) is 1.85. The van der Waals surface area contributed by atoms with Gasteiger partial charge in [0.1, 0.15) is 5.82 Å². The van der Waals surface area contributed by atoms with Gasteiger partial charge in [-0.05, 0) is 25.3 Å². The van der Waals surface area contributed by atoms with Gasteiger partial charge in [-0.1, -0.05) is 36.8 Å². The summed E-state index contributed by atoms with van der Waals surface area (Å²) in [6.45, 7) is 4.85. The van der Waals surface area contributed by atoms with Crippen LogP contribution in [0.25, 0.3) is 5.52 Å². The van der Waals surface area contributed by atoms with E-state index in [4.69, 9.17) is 0 Å². The predicted octanol–water partition coefficient (Wildman–Crippen LogP) is 2.42. The summed E-state index contributed by atoms with van der Waals surface area (Å²) in [6.07, 6.45) is 3.87. The molecule has 3 aromatic rings. The molecule has 24 heavy (non-hydrogen) atoms. The molecule has 0 radical (unpaired) electrons. The summed E-state index contributed by atoms with van der Waals surface area (Å²) < 4.78 is 3.46. The van der Waals surface area contributed by atoms with E-state index in [9.17, 15) is 4.79 Å². The van der Waals surface area contributed by atoms with Crippen molar-refractivity contribution < 1.29 is 0 Å². The van der Waals surface area contributed by atoms with Crippen molar-refractivity contribution in [2.75, 3.05) is 5.32 Å². The normalized spacial score (nSPS) is 20.8. The van der Waals surface area contributed by atoms with Gasteiger partial charge in [0.25, 0.3) is 5.56 Å². The summed E-state index contributed by atoms with van der Waals surface area (Å²) in [7, 11) is 0. The number of nitrogens with one attached hydrogen (secondary N) is 1. The third-order valence-electron chi connectivity index (χ3n) is 5.34. The van der Waals surface area contributed by atoms with Crippen molar-refractivity contribution in [1.29, 1.82) is 0 Å². The van der Waals surface area contributed by atoms with Crippen molar-refractivity contribution >= 4 is 11.5 Å². The smallest absolute Gasteiger partial charge is 0.281 e. The molecular formula is C18H19N5O. The first-order valence-corrected chi connectivity index (χ1v) is 8.37. The molecule has 0 spiro atoms. The topological polar surface area (TPSA) is 64.2 Å². The number of anilines is 1. The minimum atomic E-state index is -0.0230. The molecule has 1 aromatic carbocycles. The average Bonchev–Trinajstić information content (AvgIpc) is 3.00. The van der Waals surface area contributed by atoms with Crippen LogP contribution < -0.4 is 10.9 Å². The van der Waals surface area contributed by atoms with Gasteiger partial charge in [-0.3, -0.25) is 9.36 Å². The standard InChI is InChI=1S/C18H19N5O/c1-11-3-5-12(6-4-11)13-10-22-15(24)14-9-19-16(18(2)7-8-18)23(14)21-17(22)20-13/h3-6,9,13H,7-8,10H2,1-2H3,(H,20,21). The van der Waals surface area contributed by atoms with Gasteiger partial charge in [-0.2, -0.15) is 0 Å². The number of rotatable bonds is 2. The van der Waals surface area contributed by atoms with E-state index in [0.29, 0.717) is 18.0 Å². The summed E-state index contributed by atoms with van der Waals surface area (Å²) in [5, 5.41) is 8.08. The number of hydrogen-bond acceptors (Lipinski definition) is 4. The van der Waals surface area contributed by atoms with Gasteiger partial charge in [0.2, 0.25) is 5.95 Å². The molecule has 1 N–H and O–H groups in total. The van der Waals surface area contributed by atoms with E-state index in [1.165, 1.54) is 11.1 Å². The minimum Gasteiger partial charge on any atom is -0.346 e. The van der Waals surface area contributed by atoms with Gasteiger partial charge in [-0.15, -0.1) is 5.10 Å². The Hall–Kier alpha value is -2.63. The van der Waals surface area contributed by atoms with Crippen LogP contribution in [0.5, 0.6) is 0 Å². The lowest BCUT2D eigenvalue weighted by Gasteiger charge is -2.10. The third-order valence-corrected chi connectivity index (χ3v) is 5.34. The zero-order valence-electron chi connectivity index (χ0n) is 13.8. The van der Waals surface area contributed by atoms with Crippen LogP contribution in [0.2, 0.25) is 0 Å². The molecule has 1 saturated carbocycles. The summed E-state index contributed by atoms with van der Waals surface area (Å²) in [6, 6.07) is 8.48. The second kappa shape index (κ2) is 4.47. The zero-order valence-corrected chi connectivity index (χ0v) is 13.8. The van der Waals surface area contributed by atoms with Gasteiger partial charge in [0, 0.05) is 5.41 Å². The molecule has 2 aliphatic rings. The number of imidazole rings is 1. The maximum atomic E-state index is 12.8. The first kappa shape index (κ1) is 13.8. The lowest BCUT2D eigenvalue weighted by Crippen LogP contribution is -2.23. The molecule has 0 saturated heterocycles. The first-order chi connectivity index (χ1) is 11.5. The van der Waals surface area contributed by atoms with E-state index in [1.807, 2.05) is 0 Å².